The van der Waals surface area contributed by atoms with E-state index in [1.165, 1.54) is 6.07 Å². The number of carboxylic acid groups (broad SMARTS) is 1. The summed E-state index contributed by atoms with van der Waals surface area (Å²) in [4.78, 5) is 22.7. The normalized spacial score (nSPS) is 12.4. The molecule has 0 saturated carbocycles. The summed E-state index contributed by atoms with van der Waals surface area (Å²) in [6.07, 6.45) is 0. The molecule has 1 atom stereocenters. The molecule has 1 unspecified atom stereocenters. The highest BCUT2D eigenvalue weighted by molar-refractivity contribution is 9.10. The Bertz CT molecular complexity index is 478. The third kappa shape index (κ3) is 3.27. The monoisotopic (exact) mass is 316 g/mol. The van der Waals surface area contributed by atoms with Gasteiger partial charge in [-0.2, -0.15) is 0 Å². The van der Waals surface area contributed by atoms with Crippen molar-refractivity contribution in [1.82, 2.24) is 4.90 Å². The lowest BCUT2D eigenvalue weighted by atomic mass is 10.1. The maximum Gasteiger partial charge on any atom is 0.320 e. The van der Waals surface area contributed by atoms with Gasteiger partial charge in [-0.25, -0.2) is 0 Å². The molecule has 1 N–H and O–H groups in total. The molecule has 6 nitrogen and oxygen atoms in total. The Labute approximate surface area is 112 Å². The molecule has 98 valence electrons. The van der Waals surface area contributed by atoms with Gasteiger partial charge in [-0.15, -0.1) is 0 Å². The number of rotatable bonds is 5. The van der Waals surface area contributed by atoms with E-state index in [0.717, 1.165) is 0 Å². The highest BCUT2D eigenvalue weighted by Gasteiger charge is 2.20. The number of hydrogen-bond acceptors (Lipinski definition) is 4. The molecule has 0 fully saturated rings. The minimum atomic E-state index is -0.931. The van der Waals surface area contributed by atoms with Crippen LogP contribution >= 0.6 is 15.9 Å². The van der Waals surface area contributed by atoms with Crippen LogP contribution in [0.15, 0.2) is 22.7 Å². The zero-order chi connectivity index (χ0) is 13.9. The lowest BCUT2D eigenvalue weighted by molar-refractivity contribution is -0.385. The molecule has 0 spiro atoms. The van der Waals surface area contributed by atoms with E-state index in [1.807, 2.05) is 0 Å². The summed E-state index contributed by atoms with van der Waals surface area (Å²) in [5.74, 6) is -0.931. The molecule has 0 aromatic heterocycles. The van der Waals surface area contributed by atoms with Crippen LogP contribution in [-0.4, -0.2) is 34.0 Å². The number of likely N-dealkylation sites (N-methyl/N-ethyl adjacent to an activating group) is 1. The number of carbonyl (C=O) groups is 1. The summed E-state index contributed by atoms with van der Waals surface area (Å²) < 4.78 is 0.388. The summed E-state index contributed by atoms with van der Waals surface area (Å²) in [6, 6.07) is 4.05. The molecule has 0 aliphatic carbocycles. The fraction of sp³-hybridized carbons (Fsp3) is 0.364. The summed E-state index contributed by atoms with van der Waals surface area (Å²) in [5, 5.41) is 19.7. The molecular formula is C11H13BrN2O4. The van der Waals surface area contributed by atoms with Crippen molar-refractivity contribution in [2.45, 2.75) is 19.5 Å². The summed E-state index contributed by atoms with van der Waals surface area (Å²) in [7, 11) is 1.66. The van der Waals surface area contributed by atoms with E-state index in [0.29, 0.717) is 16.6 Å². The zero-order valence-electron chi connectivity index (χ0n) is 9.96. The van der Waals surface area contributed by atoms with Crippen LogP contribution in [0.2, 0.25) is 0 Å². The predicted molar refractivity (Wildman–Crippen MR) is 69.4 cm³/mol. The molecule has 7 heteroatoms. The Morgan fingerprint density at radius 3 is 2.72 bits per heavy atom. The lowest BCUT2D eigenvalue weighted by Gasteiger charge is -2.21. The van der Waals surface area contributed by atoms with E-state index in [4.69, 9.17) is 5.11 Å². The molecule has 0 aliphatic heterocycles. The van der Waals surface area contributed by atoms with Gasteiger partial charge in [0.05, 0.1) is 9.40 Å². The van der Waals surface area contributed by atoms with Crippen molar-refractivity contribution in [2.75, 3.05) is 7.05 Å². The number of nitro groups is 1. The van der Waals surface area contributed by atoms with Crippen LogP contribution in [0.5, 0.6) is 0 Å². The average Bonchev–Trinajstić information content (AvgIpc) is 2.30. The number of nitrogens with zero attached hydrogens (tertiary/aromatic N) is 2. The van der Waals surface area contributed by atoms with Gasteiger partial charge in [0.15, 0.2) is 0 Å². The maximum atomic E-state index is 10.8. The van der Waals surface area contributed by atoms with Crippen molar-refractivity contribution in [3.8, 4) is 0 Å². The molecule has 0 saturated heterocycles. The van der Waals surface area contributed by atoms with Crippen LogP contribution in [0.4, 0.5) is 5.69 Å². The Hall–Kier alpha value is -1.47. The Morgan fingerprint density at radius 1 is 1.61 bits per heavy atom. The molecular weight excluding hydrogens is 304 g/mol. The molecule has 0 radical (unpaired) electrons. The van der Waals surface area contributed by atoms with Gasteiger partial charge in [0.2, 0.25) is 0 Å². The van der Waals surface area contributed by atoms with Crippen molar-refractivity contribution in [2.24, 2.45) is 0 Å². The number of benzene rings is 1. The van der Waals surface area contributed by atoms with Gasteiger partial charge in [0.25, 0.3) is 5.69 Å². The van der Waals surface area contributed by atoms with E-state index in [-0.39, 0.29) is 5.69 Å². The van der Waals surface area contributed by atoms with Crippen LogP contribution in [-0.2, 0) is 11.3 Å². The molecule has 1 rings (SSSR count). The Kier molecular flexibility index (Phi) is 4.80. The summed E-state index contributed by atoms with van der Waals surface area (Å²) in [6.45, 7) is 1.88. The first-order valence-corrected chi connectivity index (χ1v) is 5.98. The molecule has 0 heterocycles. The van der Waals surface area contributed by atoms with E-state index < -0.39 is 16.9 Å². The van der Waals surface area contributed by atoms with Crippen LogP contribution in [0.1, 0.15) is 12.5 Å². The smallest absolute Gasteiger partial charge is 0.320 e. The van der Waals surface area contributed by atoms with E-state index in [9.17, 15) is 14.9 Å². The summed E-state index contributed by atoms with van der Waals surface area (Å²) >= 11 is 3.18. The SMILES string of the molecule is CC(C(=O)O)N(C)Cc1cccc([N+](=O)[O-])c1Br. The van der Waals surface area contributed by atoms with Gasteiger partial charge in [0, 0.05) is 12.6 Å². The van der Waals surface area contributed by atoms with E-state index >= 15 is 0 Å². The third-order valence-corrected chi connectivity index (χ3v) is 3.61. The maximum absolute atomic E-state index is 10.8. The molecule has 0 bridgehead atoms. The minimum Gasteiger partial charge on any atom is -0.480 e. The minimum absolute atomic E-state index is 0.0242. The van der Waals surface area contributed by atoms with Crippen molar-refractivity contribution < 1.29 is 14.8 Å². The van der Waals surface area contributed by atoms with Gasteiger partial charge in [-0.05, 0) is 35.5 Å². The highest BCUT2D eigenvalue weighted by atomic mass is 79.9. The Morgan fingerprint density at radius 2 is 2.22 bits per heavy atom. The van der Waals surface area contributed by atoms with E-state index in [2.05, 4.69) is 15.9 Å². The standard InChI is InChI=1S/C11H13BrN2O4/c1-7(11(15)16)13(2)6-8-4-3-5-9(10(8)12)14(17)18/h3-5,7H,6H2,1-2H3,(H,15,16). The largest absolute Gasteiger partial charge is 0.480 e. The number of nitro benzene ring substituents is 1. The molecule has 0 aliphatic rings. The lowest BCUT2D eigenvalue weighted by Crippen LogP contribution is -2.35. The number of halogens is 1. The Balaban J connectivity index is 2.95. The van der Waals surface area contributed by atoms with Gasteiger partial charge >= 0.3 is 5.97 Å². The van der Waals surface area contributed by atoms with Crippen LogP contribution in [0.3, 0.4) is 0 Å². The molecule has 1 aromatic carbocycles. The topological polar surface area (TPSA) is 83.7 Å². The number of hydrogen-bond donors (Lipinski definition) is 1. The van der Waals surface area contributed by atoms with E-state index in [1.54, 1.807) is 31.0 Å². The highest BCUT2D eigenvalue weighted by Crippen LogP contribution is 2.29. The zero-order valence-corrected chi connectivity index (χ0v) is 11.5. The first kappa shape index (κ1) is 14.6. The molecule has 18 heavy (non-hydrogen) atoms. The summed E-state index contributed by atoms with van der Waals surface area (Å²) in [5.41, 5.74) is 0.656. The second-order valence-electron chi connectivity index (χ2n) is 3.94. The fourth-order valence-electron chi connectivity index (χ4n) is 1.42. The molecule has 0 amide bonds. The van der Waals surface area contributed by atoms with Crippen molar-refractivity contribution in [3.63, 3.8) is 0 Å². The van der Waals surface area contributed by atoms with Gasteiger partial charge in [-0.3, -0.25) is 19.8 Å². The number of carboxylic acids is 1. The van der Waals surface area contributed by atoms with Crippen LogP contribution in [0, 0.1) is 10.1 Å². The first-order valence-electron chi connectivity index (χ1n) is 5.19. The quantitative estimate of drug-likeness (QED) is 0.665. The van der Waals surface area contributed by atoms with Crippen molar-refractivity contribution in [1.29, 1.82) is 0 Å². The van der Waals surface area contributed by atoms with Crippen LogP contribution in [0.25, 0.3) is 0 Å². The average molecular weight is 317 g/mol. The van der Waals surface area contributed by atoms with Gasteiger partial charge in [0.1, 0.15) is 6.04 Å². The fourth-order valence-corrected chi connectivity index (χ4v) is 1.96. The van der Waals surface area contributed by atoms with Crippen LogP contribution < -0.4 is 0 Å². The third-order valence-electron chi connectivity index (χ3n) is 2.69. The predicted octanol–water partition coefficient (Wildman–Crippen LogP) is 2.26. The second kappa shape index (κ2) is 5.92. The van der Waals surface area contributed by atoms with Crippen molar-refractivity contribution in [3.05, 3.63) is 38.3 Å². The second-order valence-corrected chi connectivity index (χ2v) is 4.73. The molecule has 1 aromatic rings. The van der Waals surface area contributed by atoms with Crippen molar-refractivity contribution >= 4 is 27.6 Å². The van der Waals surface area contributed by atoms with Gasteiger partial charge < -0.3 is 5.11 Å². The first-order chi connectivity index (χ1) is 8.34. The number of aliphatic carboxylic acids is 1. The van der Waals surface area contributed by atoms with Gasteiger partial charge in [-0.1, -0.05) is 12.1 Å².